The Morgan fingerprint density at radius 1 is 1.24 bits per heavy atom. The minimum Gasteiger partial charge on any atom is -0.497 e. The zero-order valence-corrected chi connectivity index (χ0v) is 21.3. The molecule has 174 valence electrons. The number of hydrogen-bond acceptors (Lipinski definition) is 8. The molecule has 1 unspecified atom stereocenters. The standard InChI is InChI=1S/C24H22N4O3S3/c1-13-4-9-17-19(10-13)34-23(25-17)27-20(29)12-32-24-26-18-11-14(2)33-21(18)22(30)28(24)15-5-7-16(31-3)8-6-15/h4-10,14H,11-12H2,1-3H3,(H,25,27,29). The molecule has 1 aliphatic heterocycles. The normalized spacial score (nSPS) is 14.9. The van der Waals surface area contributed by atoms with Crippen LogP contribution in [0.25, 0.3) is 15.9 Å². The van der Waals surface area contributed by atoms with Gasteiger partial charge in [0, 0.05) is 11.7 Å². The lowest BCUT2D eigenvalue weighted by atomic mass is 10.2. The minimum absolute atomic E-state index is 0.103. The second kappa shape index (κ2) is 9.44. The number of amides is 1. The maximum atomic E-state index is 13.4. The number of aryl methyl sites for hydroxylation is 1. The zero-order valence-electron chi connectivity index (χ0n) is 18.8. The summed E-state index contributed by atoms with van der Waals surface area (Å²) < 4.78 is 7.86. The number of rotatable bonds is 6. The van der Waals surface area contributed by atoms with Gasteiger partial charge in [0.25, 0.3) is 5.56 Å². The van der Waals surface area contributed by atoms with Gasteiger partial charge in [0.05, 0.1) is 39.4 Å². The van der Waals surface area contributed by atoms with Crippen LogP contribution in [0.1, 0.15) is 18.2 Å². The molecule has 2 aromatic carbocycles. The van der Waals surface area contributed by atoms with E-state index in [4.69, 9.17) is 9.72 Å². The number of thiazole rings is 1. The molecule has 2 aromatic heterocycles. The monoisotopic (exact) mass is 510 g/mol. The molecule has 0 saturated carbocycles. The van der Waals surface area contributed by atoms with E-state index in [2.05, 4.69) is 23.3 Å². The van der Waals surface area contributed by atoms with Gasteiger partial charge in [0.15, 0.2) is 10.3 Å². The summed E-state index contributed by atoms with van der Waals surface area (Å²) in [5.41, 5.74) is 3.39. The molecule has 34 heavy (non-hydrogen) atoms. The molecule has 4 aromatic rings. The molecule has 1 aliphatic rings. The molecule has 10 heteroatoms. The van der Waals surface area contributed by atoms with Crippen molar-refractivity contribution in [3.8, 4) is 11.4 Å². The highest BCUT2D eigenvalue weighted by molar-refractivity contribution is 8.00. The van der Waals surface area contributed by atoms with Gasteiger partial charge < -0.3 is 10.1 Å². The number of benzene rings is 2. The Morgan fingerprint density at radius 2 is 2.03 bits per heavy atom. The average Bonchev–Trinajstić information content (AvgIpc) is 3.39. The Hall–Kier alpha value is -2.82. The van der Waals surface area contributed by atoms with Gasteiger partial charge >= 0.3 is 0 Å². The van der Waals surface area contributed by atoms with Gasteiger partial charge in [-0.1, -0.05) is 36.1 Å². The van der Waals surface area contributed by atoms with Crippen LogP contribution in [0.4, 0.5) is 5.13 Å². The van der Waals surface area contributed by atoms with Gasteiger partial charge in [-0.15, -0.1) is 11.8 Å². The zero-order chi connectivity index (χ0) is 23.8. The van der Waals surface area contributed by atoms with E-state index < -0.39 is 0 Å². The Bertz CT molecular complexity index is 1450. The van der Waals surface area contributed by atoms with Crippen molar-refractivity contribution in [2.75, 3.05) is 18.2 Å². The summed E-state index contributed by atoms with van der Waals surface area (Å²) in [5, 5.41) is 4.24. The van der Waals surface area contributed by atoms with E-state index in [0.717, 1.165) is 27.9 Å². The molecule has 0 bridgehead atoms. The second-order valence-corrected chi connectivity index (χ2v) is 11.4. The first-order valence-electron chi connectivity index (χ1n) is 10.7. The molecule has 0 saturated heterocycles. The van der Waals surface area contributed by atoms with Crippen LogP contribution in [0.5, 0.6) is 5.75 Å². The predicted octanol–water partition coefficient (Wildman–Crippen LogP) is 4.93. The van der Waals surface area contributed by atoms with Crippen LogP contribution in [0.2, 0.25) is 0 Å². The number of thioether (sulfide) groups is 2. The summed E-state index contributed by atoms with van der Waals surface area (Å²) in [6.45, 7) is 4.11. The number of aromatic nitrogens is 3. The summed E-state index contributed by atoms with van der Waals surface area (Å²) in [6, 6.07) is 13.3. The van der Waals surface area contributed by atoms with Gasteiger partial charge in [0.2, 0.25) is 5.91 Å². The highest BCUT2D eigenvalue weighted by Crippen LogP contribution is 2.35. The number of carbonyl (C=O) groups excluding carboxylic acids is 1. The molecule has 1 atom stereocenters. The van der Waals surface area contributed by atoms with Crippen molar-refractivity contribution in [3.05, 3.63) is 64.1 Å². The van der Waals surface area contributed by atoms with E-state index in [1.165, 1.54) is 23.1 Å². The molecule has 0 aliphatic carbocycles. The summed E-state index contributed by atoms with van der Waals surface area (Å²) in [6.07, 6.45) is 0.740. The second-order valence-electron chi connectivity index (χ2n) is 7.97. The first-order valence-corrected chi connectivity index (χ1v) is 13.4. The molecule has 1 amide bonds. The third-order valence-electron chi connectivity index (χ3n) is 5.33. The third-order valence-corrected chi connectivity index (χ3v) is 8.42. The van der Waals surface area contributed by atoms with Crippen LogP contribution in [-0.4, -0.2) is 38.6 Å². The van der Waals surface area contributed by atoms with Crippen LogP contribution in [-0.2, 0) is 11.2 Å². The lowest BCUT2D eigenvalue weighted by Gasteiger charge is -2.14. The van der Waals surface area contributed by atoms with Crippen molar-refractivity contribution in [3.63, 3.8) is 0 Å². The highest BCUT2D eigenvalue weighted by atomic mass is 32.2. The fourth-order valence-corrected chi connectivity index (χ4v) is 6.63. The molecular formula is C24H22N4O3S3. The van der Waals surface area contributed by atoms with E-state index in [9.17, 15) is 9.59 Å². The van der Waals surface area contributed by atoms with E-state index in [0.29, 0.717) is 31.9 Å². The molecule has 0 spiro atoms. The maximum absolute atomic E-state index is 13.4. The fourth-order valence-electron chi connectivity index (χ4n) is 3.73. The molecule has 0 fully saturated rings. The van der Waals surface area contributed by atoms with Crippen molar-refractivity contribution in [2.24, 2.45) is 0 Å². The summed E-state index contributed by atoms with van der Waals surface area (Å²) in [7, 11) is 1.60. The van der Waals surface area contributed by atoms with E-state index in [1.54, 1.807) is 35.6 Å². The number of anilines is 1. The average molecular weight is 511 g/mol. The molecule has 5 rings (SSSR count). The van der Waals surface area contributed by atoms with E-state index in [1.807, 2.05) is 31.2 Å². The lowest BCUT2D eigenvalue weighted by molar-refractivity contribution is -0.113. The lowest BCUT2D eigenvalue weighted by Crippen LogP contribution is -2.24. The van der Waals surface area contributed by atoms with Gasteiger partial charge in [-0.25, -0.2) is 9.97 Å². The number of methoxy groups -OCH3 is 1. The van der Waals surface area contributed by atoms with Crippen molar-refractivity contribution in [1.29, 1.82) is 0 Å². The number of carbonyl (C=O) groups is 1. The first-order chi connectivity index (χ1) is 16.4. The molecule has 3 heterocycles. The number of nitrogens with zero attached hydrogens (tertiary/aromatic N) is 3. The van der Waals surface area contributed by atoms with Gasteiger partial charge in [-0.05, 0) is 48.9 Å². The van der Waals surface area contributed by atoms with Crippen molar-refractivity contribution in [2.45, 2.75) is 35.6 Å². The summed E-state index contributed by atoms with van der Waals surface area (Å²) in [4.78, 5) is 36.1. The first kappa shape index (κ1) is 22.9. The third kappa shape index (κ3) is 4.57. The van der Waals surface area contributed by atoms with E-state index in [-0.39, 0.29) is 17.2 Å². The van der Waals surface area contributed by atoms with Gasteiger partial charge in [0.1, 0.15) is 5.75 Å². The summed E-state index contributed by atoms with van der Waals surface area (Å²) in [5.74, 6) is 0.618. The van der Waals surface area contributed by atoms with Crippen molar-refractivity contribution in [1.82, 2.24) is 14.5 Å². The SMILES string of the molecule is COc1ccc(-n2c(SCC(=O)Nc3nc4ccc(C)cc4s3)nc3c(c2=O)SC(C)C3)cc1. The van der Waals surface area contributed by atoms with Crippen LogP contribution >= 0.6 is 34.9 Å². The maximum Gasteiger partial charge on any atom is 0.272 e. The Kier molecular flexibility index (Phi) is 6.37. The smallest absolute Gasteiger partial charge is 0.272 e. The van der Waals surface area contributed by atoms with Crippen LogP contribution in [0.15, 0.2) is 57.3 Å². The quantitative estimate of drug-likeness (QED) is 0.291. The van der Waals surface area contributed by atoms with Gasteiger partial charge in [-0.3, -0.25) is 14.2 Å². The van der Waals surface area contributed by atoms with Crippen molar-refractivity contribution < 1.29 is 9.53 Å². The number of fused-ring (bicyclic) bond motifs is 2. The van der Waals surface area contributed by atoms with Crippen LogP contribution in [0, 0.1) is 6.92 Å². The fraction of sp³-hybridized carbons (Fsp3) is 0.250. The largest absolute Gasteiger partial charge is 0.497 e. The van der Waals surface area contributed by atoms with E-state index >= 15 is 0 Å². The summed E-state index contributed by atoms with van der Waals surface area (Å²) >= 11 is 4.25. The Balaban J connectivity index is 1.40. The van der Waals surface area contributed by atoms with Crippen molar-refractivity contribution >= 4 is 56.1 Å². The molecule has 1 N–H and O–H groups in total. The van der Waals surface area contributed by atoms with Crippen LogP contribution in [0.3, 0.4) is 0 Å². The highest BCUT2D eigenvalue weighted by Gasteiger charge is 2.27. The number of ether oxygens (including phenoxy) is 1. The molecule has 7 nitrogen and oxygen atoms in total. The predicted molar refractivity (Wildman–Crippen MR) is 139 cm³/mol. The topological polar surface area (TPSA) is 86.1 Å². The molecule has 0 radical (unpaired) electrons. The van der Waals surface area contributed by atoms with Gasteiger partial charge in [-0.2, -0.15) is 0 Å². The Labute approximate surface area is 209 Å². The molecular weight excluding hydrogens is 488 g/mol. The number of hydrogen-bond donors (Lipinski definition) is 1. The minimum atomic E-state index is -0.195. The Morgan fingerprint density at radius 3 is 2.79 bits per heavy atom. The number of nitrogens with one attached hydrogen (secondary N) is 1. The van der Waals surface area contributed by atoms with Crippen LogP contribution < -0.4 is 15.6 Å².